The summed E-state index contributed by atoms with van der Waals surface area (Å²) in [5, 5.41) is 0. The lowest BCUT2D eigenvalue weighted by atomic mass is 10.2. The number of nitrogens with zero attached hydrogens (tertiary/aromatic N) is 2. The number of hydrogen-bond acceptors (Lipinski definition) is 2. The Balaban J connectivity index is 2.81. The molecule has 20 heavy (non-hydrogen) atoms. The highest BCUT2D eigenvalue weighted by molar-refractivity contribution is 5.97. The van der Waals surface area contributed by atoms with Crippen LogP contribution in [0.25, 0.3) is 0 Å². The molecule has 1 aromatic carbocycles. The molecule has 0 saturated heterocycles. The molecule has 0 aliphatic rings. The summed E-state index contributed by atoms with van der Waals surface area (Å²) in [6.07, 6.45) is 2.03. The molecule has 0 saturated carbocycles. The monoisotopic (exact) mass is 276 g/mol. The second kappa shape index (κ2) is 7.68. The van der Waals surface area contributed by atoms with Gasteiger partial charge in [0.1, 0.15) is 6.54 Å². The van der Waals surface area contributed by atoms with Crippen molar-refractivity contribution < 1.29 is 9.59 Å². The van der Waals surface area contributed by atoms with E-state index < -0.39 is 0 Å². The van der Waals surface area contributed by atoms with Crippen molar-refractivity contribution in [2.75, 3.05) is 25.0 Å². The highest BCUT2D eigenvalue weighted by Crippen LogP contribution is 2.19. The molecule has 2 amide bonds. The third-order valence-electron chi connectivity index (χ3n) is 3.35. The third kappa shape index (κ3) is 4.37. The molecular formula is C16H24N2O2. The van der Waals surface area contributed by atoms with Crippen LogP contribution in [-0.4, -0.2) is 36.9 Å². The van der Waals surface area contributed by atoms with Crippen LogP contribution in [0.4, 0.5) is 5.69 Å². The fraction of sp³-hybridized carbons (Fsp3) is 0.500. The molecule has 0 aromatic heterocycles. The Kier molecular flexibility index (Phi) is 6.22. The quantitative estimate of drug-likeness (QED) is 0.801. The molecule has 1 aromatic rings. The van der Waals surface area contributed by atoms with Gasteiger partial charge in [0.05, 0.1) is 0 Å². The van der Waals surface area contributed by atoms with Gasteiger partial charge in [-0.1, -0.05) is 31.5 Å². The van der Waals surface area contributed by atoms with E-state index in [1.165, 1.54) is 6.92 Å². The standard InChI is InChI=1S/C16H24N2O2/c1-5-6-11-17(4)16(20)12-18(14(3)19)15-10-8-7-9-13(15)2/h7-10H,5-6,11-12H2,1-4H3. The van der Waals surface area contributed by atoms with E-state index in [2.05, 4.69) is 6.92 Å². The van der Waals surface area contributed by atoms with Crippen LogP contribution >= 0.6 is 0 Å². The van der Waals surface area contributed by atoms with E-state index in [1.54, 1.807) is 16.8 Å². The number of carbonyl (C=O) groups is 2. The number of rotatable bonds is 6. The van der Waals surface area contributed by atoms with Crippen LogP contribution < -0.4 is 4.90 Å². The first-order valence-electron chi connectivity index (χ1n) is 7.05. The van der Waals surface area contributed by atoms with Gasteiger partial charge in [-0.05, 0) is 25.0 Å². The number of benzene rings is 1. The van der Waals surface area contributed by atoms with Gasteiger partial charge >= 0.3 is 0 Å². The van der Waals surface area contributed by atoms with Crippen LogP contribution in [0.1, 0.15) is 32.3 Å². The van der Waals surface area contributed by atoms with Crippen molar-refractivity contribution in [2.24, 2.45) is 0 Å². The van der Waals surface area contributed by atoms with E-state index >= 15 is 0 Å². The molecular weight excluding hydrogens is 252 g/mol. The Morgan fingerprint density at radius 1 is 1.20 bits per heavy atom. The van der Waals surface area contributed by atoms with E-state index in [1.807, 2.05) is 31.2 Å². The van der Waals surface area contributed by atoms with Crippen LogP contribution in [-0.2, 0) is 9.59 Å². The maximum atomic E-state index is 12.2. The van der Waals surface area contributed by atoms with Gasteiger partial charge in [0.2, 0.25) is 11.8 Å². The van der Waals surface area contributed by atoms with E-state index in [9.17, 15) is 9.59 Å². The Bertz CT molecular complexity index is 471. The van der Waals surface area contributed by atoms with Crippen LogP contribution in [0.3, 0.4) is 0 Å². The topological polar surface area (TPSA) is 40.6 Å². The molecule has 4 nitrogen and oxygen atoms in total. The summed E-state index contributed by atoms with van der Waals surface area (Å²) in [6, 6.07) is 7.61. The van der Waals surface area contributed by atoms with Gasteiger partial charge < -0.3 is 9.80 Å². The molecule has 0 heterocycles. The van der Waals surface area contributed by atoms with Crippen LogP contribution in [0.15, 0.2) is 24.3 Å². The van der Waals surface area contributed by atoms with Crippen molar-refractivity contribution in [3.8, 4) is 0 Å². The summed E-state index contributed by atoms with van der Waals surface area (Å²) >= 11 is 0. The number of carbonyl (C=O) groups excluding carboxylic acids is 2. The Labute approximate surface area is 121 Å². The number of unbranched alkanes of at least 4 members (excludes halogenated alkanes) is 1. The van der Waals surface area contributed by atoms with Crippen molar-refractivity contribution >= 4 is 17.5 Å². The first-order valence-corrected chi connectivity index (χ1v) is 7.05. The second-order valence-electron chi connectivity index (χ2n) is 5.06. The number of likely N-dealkylation sites (N-methyl/N-ethyl adjacent to an activating group) is 1. The van der Waals surface area contributed by atoms with Gasteiger partial charge in [0.15, 0.2) is 0 Å². The normalized spacial score (nSPS) is 10.2. The minimum Gasteiger partial charge on any atom is -0.344 e. The first-order chi connectivity index (χ1) is 9.47. The molecule has 0 atom stereocenters. The van der Waals surface area contributed by atoms with Crippen LogP contribution in [0.5, 0.6) is 0 Å². The van der Waals surface area contributed by atoms with E-state index in [0.29, 0.717) is 0 Å². The maximum absolute atomic E-state index is 12.2. The lowest BCUT2D eigenvalue weighted by Crippen LogP contribution is -2.41. The van der Waals surface area contributed by atoms with Gasteiger partial charge in [0, 0.05) is 26.2 Å². The smallest absolute Gasteiger partial charge is 0.242 e. The van der Waals surface area contributed by atoms with Crippen molar-refractivity contribution in [2.45, 2.75) is 33.6 Å². The minimum atomic E-state index is -0.114. The largest absolute Gasteiger partial charge is 0.344 e. The zero-order valence-electron chi connectivity index (χ0n) is 12.8. The van der Waals surface area contributed by atoms with Crippen molar-refractivity contribution in [1.29, 1.82) is 0 Å². The summed E-state index contributed by atoms with van der Waals surface area (Å²) in [4.78, 5) is 27.2. The molecule has 0 aliphatic carbocycles. The number of para-hydroxylation sites is 1. The molecule has 0 N–H and O–H groups in total. The van der Waals surface area contributed by atoms with Gasteiger partial charge in [-0.15, -0.1) is 0 Å². The van der Waals surface area contributed by atoms with Gasteiger partial charge in [-0.25, -0.2) is 0 Å². The summed E-state index contributed by atoms with van der Waals surface area (Å²) < 4.78 is 0. The van der Waals surface area contributed by atoms with E-state index in [-0.39, 0.29) is 18.4 Å². The fourth-order valence-electron chi connectivity index (χ4n) is 2.01. The summed E-state index contributed by atoms with van der Waals surface area (Å²) in [5.74, 6) is -0.145. The zero-order chi connectivity index (χ0) is 15.1. The van der Waals surface area contributed by atoms with Crippen molar-refractivity contribution in [3.63, 3.8) is 0 Å². The lowest BCUT2D eigenvalue weighted by Gasteiger charge is -2.25. The van der Waals surface area contributed by atoms with E-state index in [4.69, 9.17) is 0 Å². The number of anilines is 1. The SMILES string of the molecule is CCCCN(C)C(=O)CN(C(C)=O)c1ccccc1C. The highest BCUT2D eigenvalue weighted by Gasteiger charge is 2.19. The van der Waals surface area contributed by atoms with Gasteiger partial charge in [0.25, 0.3) is 0 Å². The van der Waals surface area contributed by atoms with Gasteiger partial charge in [-0.3, -0.25) is 9.59 Å². The molecule has 0 radical (unpaired) electrons. The van der Waals surface area contributed by atoms with Gasteiger partial charge in [-0.2, -0.15) is 0 Å². The molecule has 4 heteroatoms. The first kappa shape index (κ1) is 16.2. The molecule has 0 bridgehead atoms. The average Bonchev–Trinajstić information content (AvgIpc) is 2.42. The summed E-state index contributed by atoms with van der Waals surface area (Å²) in [5.41, 5.74) is 1.80. The molecule has 110 valence electrons. The predicted molar refractivity (Wildman–Crippen MR) is 81.8 cm³/mol. The third-order valence-corrected chi connectivity index (χ3v) is 3.35. The summed E-state index contributed by atoms with van der Waals surface area (Å²) in [6.45, 7) is 6.35. The number of aryl methyl sites for hydroxylation is 1. The molecule has 1 rings (SSSR count). The fourth-order valence-corrected chi connectivity index (χ4v) is 2.01. The molecule has 0 unspecified atom stereocenters. The van der Waals surface area contributed by atoms with Crippen molar-refractivity contribution in [1.82, 2.24) is 4.90 Å². The molecule has 0 spiro atoms. The van der Waals surface area contributed by atoms with Crippen LogP contribution in [0, 0.1) is 6.92 Å². The van der Waals surface area contributed by atoms with Crippen LogP contribution in [0.2, 0.25) is 0 Å². The van der Waals surface area contributed by atoms with E-state index in [0.717, 1.165) is 30.6 Å². The Morgan fingerprint density at radius 2 is 1.85 bits per heavy atom. The minimum absolute atomic E-state index is 0.0306. The second-order valence-corrected chi connectivity index (χ2v) is 5.06. The Morgan fingerprint density at radius 3 is 2.40 bits per heavy atom. The Hall–Kier alpha value is -1.84. The zero-order valence-corrected chi connectivity index (χ0v) is 12.8. The number of amides is 2. The predicted octanol–water partition coefficient (Wildman–Crippen LogP) is 2.61. The summed E-state index contributed by atoms with van der Waals surface area (Å²) in [7, 11) is 1.79. The maximum Gasteiger partial charge on any atom is 0.242 e. The average molecular weight is 276 g/mol. The number of hydrogen-bond donors (Lipinski definition) is 0. The lowest BCUT2D eigenvalue weighted by molar-refractivity contribution is -0.130. The highest BCUT2D eigenvalue weighted by atomic mass is 16.2. The molecule has 0 fully saturated rings. The van der Waals surface area contributed by atoms with Crippen molar-refractivity contribution in [3.05, 3.63) is 29.8 Å². The molecule has 0 aliphatic heterocycles.